The van der Waals surface area contributed by atoms with Gasteiger partial charge in [0.2, 0.25) is 0 Å². The zero-order valence-electron chi connectivity index (χ0n) is 28.3. The monoisotopic (exact) mass is 677 g/mol. The van der Waals surface area contributed by atoms with E-state index in [1.54, 1.807) is 31.7 Å². The van der Waals surface area contributed by atoms with Crippen LogP contribution in [0.1, 0.15) is 69.3 Å². The fraction of sp³-hybridized carbons (Fsp3) is 0.486. The number of aliphatic hydroxyl groups is 1. The summed E-state index contributed by atoms with van der Waals surface area (Å²) in [5.74, 6) is -2.43. The fourth-order valence-electron chi connectivity index (χ4n) is 8.43. The lowest BCUT2D eigenvalue weighted by Gasteiger charge is -2.33. The minimum Gasteiger partial charge on any atom is -0.505 e. The normalized spacial score (nSPS) is 26.9. The van der Waals surface area contributed by atoms with Crippen LogP contribution < -0.4 is 9.64 Å². The van der Waals surface area contributed by atoms with Crippen molar-refractivity contribution in [1.82, 2.24) is 14.9 Å². The quantitative estimate of drug-likeness (QED) is 0.279. The molecule has 4 heterocycles. The van der Waals surface area contributed by atoms with E-state index in [0.717, 1.165) is 44.5 Å². The van der Waals surface area contributed by atoms with Gasteiger partial charge in [0, 0.05) is 29.6 Å². The SMILES string of the molecule is C/C=C1\C(=N)C(c2cc(O)c(F)c3ccc(F)c(CC)c23)=C(F)c2nc(OCC34CCCN3CC(C)C4)nc(N3CCOCC(C)(O)C3)c21. The summed E-state index contributed by atoms with van der Waals surface area (Å²) in [4.78, 5) is 13.7. The van der Waals surface area contributed by atoms with Gasteiger partial charge in [-0.2, -0.15) is 9.97 Å². The molecule has 0 saturated carbocycles. The van der Waals surface area contributed by atoms with Crippen molar-refractivity contribution in [3.63, 3.8) is 0 Å². The number of hydrogen-bond donors (Lipinski definition) is 3. The molecule has 0 radical (unpaired) electrons. The van der Waals surface area contributed by atoms with Crippen molar-refractivity contribution in [1.29, 1.82) is 5.41 Å². The van der Waals surface area contributed by atoms with E-state index in [1.807, 2.05) is 0 Å². The number of nitrogens with one attached hydrogen (secondary N) is 1. The first-order chi connectivity index (χ1) is 23.4. The van der Waals surface area contributed by atoms with Crippen LogP contribution in [0, 0.1) is 23.0 Å². The minimum absolute atomic E-state index is 0.0214. The number of aromatic nitrogens is 2. The number of phenols is 1. The lowest BCUT2D eigenvalue weighted by Crippen LogP contribution is -2.44. The molecule has 9 nitrogen and oxygen atoms in total. The number of halogens is 3. The number of anilines is 1. The molecule has 12 heteroatoms. The van der Waals surface area contributed by atoms with Crippen LogP contribution in [-0.4, -0.2) is 87.9 Å². The topological polar surface area (TPSA) is 115 Å². The van der Waals surface area contributed by atoms with Crippen molar-refractivity contribution >= 4 is 39.3 Å². The van der Waals surface area contributed by atoms with Gasteiger partial charge in [0.1, 0.15) is 29.5 Å². The second-order valence-corrected chi connectivity index (χ2v) is 14.2. The largest absolute Gasteiger partial charge is 0.505 e. The molecule has 3 N–H and O–H groups in total. The zero-order valence-corrected chi connectivity index (χ0v) is 28.3. The summed E-state index contributed by atoms with van der Waals surface area (Å²) >= 11 is 0. The number of aromatic hydroxyl groups is 1. The van der Waals surface area contributed by atoms with E-state index >= 15 is 13.2 Å². The van der Waals surface area contributed by atoms with Crippen LogP contribution in [0.2, 0.25) is 0 Å². The number of aryl methyl sites for hydroxylation is 1. The van der Waals surface area contributed by atoms with Crippen molar-refractivity contribution in [2.24, 2.45) is 5.92 Å². The number of β-amino-alcohol motifs (C(OH)–C–C–N with tert-alkyl or cyclic N) is 1. The fourth-order valence-corrected chi connectivity index (χ4v) is 8.43. The molecule has 0 spiro atoms. The number of allylic oxidation sites excluding steroid dienone is 3. The van der Waals surface area contributed by atoms with Crippen molar-refractivity contribution < 1.29 is 32.9 Å². The van der Waals surface area contributed by atoms with Gasteiger partial charge in [-0.25, -0.2) is 13.2 Å². The molecule has 3 unspecified atom stereocenters. The van der Waals surface area contributed by atoms with Gasteiger partial charge in [0.25, 0.3) is 0 Å². The van der Waals surface area contributed by atoms with Crippen LogP contribution in [0.5, 0.6) is 11.8 Å². The van der Waals surface area contributed by atoms with E-state index in [2.05, 4.69) is 16.8 Å². The van der Waals surface area contributed by atoms with Crippen molar-refractivity contribution in [2.75, 3.05) is 50.9 Å². The highest BCUT2D eigenvalue weighted by molar-refractivity contribution is 6.50. The third-order valence-electron chi connectivity index (χ3n) is 10.5. The molecule has 2 aromatic carbocycles. The van der Waals surface area contributed by atoms with Crippen LogP contribution in [0.4, 0.5) is 19.0 Å². The zero-order chi connectivity index (χ0) is 34.8. The predicted octanol–water partition coefficient (Wildman–Crippen LogP) is 6.29. The molecule has 3 aromatic rings. The van der Waals surface area contributed by atoms with Crippen LogP contribution in [0.3, 0.4) is 0 Å². The highest BCUT2D eigenvalue weighted by Crippen LogP contribution is 2.48. The summed E-state index contributed by atoms with van der Waals surface area (Å²) in [7, 11) is 0. The average Bonchev–Trinajstić information content (AvgIpc) is 3.52. The average molecular weight is 678 g/mol. The Bertz CT molecular complexity index is 1930. The van der Waals surface area contributed by atoms with Gasteiger partial charge in [-0.1, -0.05) is 19.9 Å². The molecule has 3 aliphatic heterocycles. The van der Waals surface area contributed by atoms with Gasteiger partial charge >= 0.3 is 6.01 Å². The predicted molar refractivity (Wildman–Crippen MR) is 183 cm³/mol. The Labute approximate surface area is 283 Å². The van der Waals surface area contributed by atoms with Crippen LogP contribution >= 0.6 is 0 Å². The van der Waals surface area contributed by atoms with E-state index in [9.17, 15) is 15.6 Å². The molecule has 1 aliphatic carbocycles. The third kappa shape index (κ3) is 5.57. The molecule has 7 rings (SSSR count). The summed E-state index contributed by atoms with van der Waals surface area (Å²) in [6.07, 6.45) is 4.80. The van der Waals surface area contributed by atoms with Gasteiger partial charge in [-0.15, -0.1) is 0 Å². The number of ether oxygens (including phenoxy) is 2. The first-order valence-corrected chi connectivity index (χ1v) is 17.0. The van der Waals surface area contributed by atoms with E-state index in [0.29, 0.717) is 19.1 Å². The summed E-state index contributed by atoms with van der Waals surface area (Å²) in [6.45, 7) is 10.4. The second-order valence-electron chi connectivity index (χ2n) is 14.2. The Balaban J connectivity index is 1.45. The Morgan fingerprint density at radius 1 is 1.20 bits per heavy atom. The lowest BCUT2D eigenvalue weighted by atomic mass is 9.81. The summed E-state index contributed by atoms with van der Waals surface area (Å²) in [6, 6.07) is 3.34. The Hall–Kier alpha value is -4.00. The van der Waals surface area contributed by atoms with Crippen LogP contribution in [-0.2, 0) is 11.2 Å². The van der Waals surface area contributed by atoms with Crippen molar-refractivity contribution in [3.05, 3.63) is 58.3 Å². The molecular weight excluding hydrogens is 635 g/mol. The number of phenolic OH excluding ortho intramolecular Hbond substituents is 1. The van der Waals surface area contributed by atoms with E-state index < -0.39 is 28.8 Å². The molecule has 0 amide bonds. The van der Waals surface area contributed by atoms with Gasteiger partial charge in [0.15, 0.2) is 17.4 Å². The maximum absolute atomic E-state index is 17.3. The molecule has 260 valence electrons. The molecular formula is C37H42F3N5O4. The molecule has 4 aliphatic rings. The van der Waals surface area contributed by atoms with Crippen LogP contribution in [0.15, 0.2) is 24.3 Å². The molecule has 1 aromatic heterocycles. The van der Waals surface area contributed by atoms with Gasteiger partial charge in [-0.3, -0.25) is 10.3 Å². The second kappa shape index (κ2) is 12.4. The number of nitrogens with zero attached hydrogens (tertiary/aromatic N) is 4. The van der Waals surface area contributed by atoms with E-state index in [1.165, 1.54) is 6.07 Å². The number of rotatable bonds is 6. The highest BCUT2D eigenvalue weighted by atomic mass is 19.1. The minimum atomic E-state index is -1.25. The Kier molecular flexibility index (Phi) is 8.48. The first kappa shape index (κ1) is 33.5. The number of hydrogen-bond acceptors (Lipinski definition) is 9. The summed E-state index contributed by atoms with van der Waals surface area (Å²) < 4.78 is 59.9. The summed E-state index contributed by atoms with van der Waals surface area (Å²) in [5, 5.41) is 31.1. The Morgan fingerprint density at radius 3 is 2.76 bits per heavy atom. The number of fused-ring (bicyclic) bond motifs is 3. The first-order valence-electron chi connectivity index (χ1n) is 17.0. The lowest BCUT2D eigenvalue weighted by molar-refractivity contribution is -0.0123. The highest BCUT2D eigenvalue weighted by Gasteiger charge is 2.48. The molecule has 3 saturated heterocycles. The van der Waals surface area contributed by atoms with Crippen molar-refractivity contribution in [2.45, 2.75) is 64.5 Å². The van der Waals surface area contributed by atoms with Gasteiger partial charge in [-0.05, 0) is 86.7 Å². The third-order valence-corrected chi connectivity index (χ3v) is 10.5. The van der Waals surface area contributed by atoms with Crippen LogP contribution in [0.25, 0.3) is 27.7 Å². The number of benzene rings is 2. The molecule has 3 atom stereocenters. The molecule has 49 heavy (non-hydrogen) atoms. The standard InChI is InChI=1S/C37H42F3N5O4/c1-5-21-25(38)9-8-23-27(21)24(14-26(46)30(23)39)28-31(40)33-29(22(6-2)32(28)41)34(44-12-13-48-18-36(4,47)17-44)43-35(42-33)49-19-37-10-7-11-45(37)16-20(3)15-37/h6,8-9,14,20,41,46-47H,5,7,10-13,15-19H2,1-4H3/b22-6-,41-32?. The van der Waals surface area contributed by atoms with Gasteiger partial charge < -0.3 is 24.6 Å². The maximum atomic E-state index is 17.3. The molecule has 0 bridgehead atoms. The maximum Gasteiger partial charge on any atom is 0.319 e. The Morgan fingerprint density at radius 2 is 2.00 bits per heavy atom. The van der Waals surface area contributed by atoms with Crippen molar-refractivity contribution in [3.8, 4) is 11.8 Å². The van der Waals surface area contributed by atoms with Gasteiger partial charge in [0.05, 0.1) is 36.6 Å². The van der Waals surface area contributed by atoms with E-state index in [4.69, 9.17) is 14.5 Å². The molecule has 3 fully saturated rings. The summed E-state index contributed by atoms with van der Waals surface area (Å²) in [5.41, 5.74) is -1.43. The smallest absolute Gasteiger partial charge is 0.319 e. The van der Waals surface area contributed by atoms with E-state index in [-0.39, 0.29) is 93.6 Å².